The van der Waals surface area contributed by atoms with Crippen LogP contribution in [0.5, 0.6) is 0 Å². The van der Waals surface area contributed by atoms with Crippen LogP contribution in [0, 0.1) is 0 Å². The number of carbonyl (C=O) groups excluding carboxylic acids is 1. The third-order valence-corrected chi connectivity index (χ3v) is 6.93. The monoisotopic (exact) mass is 530 g/mol. The smallest absolute Gasteiger partial charge is 0.441 e. The summed E-state index contributed by atoms with van der Waals surface area (Å²) in [5.74, 6) is -0.611. The van der Waals surface area contributed by atoms with Crippen molar-refractivity contribution < 1.29 is 27.7 Å². The summed E-state index contributed by atoms with van der Waals surface area (Å²) in [7, 11) is -4.05. The Hall–Kier alpha value is -3.04. The Morgan fingerprint density at radius 3 is 2.03 bits per heavy atom. The molecule has 1 heterocycles. The van der Waals surface area contributed by atoms with E-state index in [2.05, 4.69) is 10.1 Å². The number of benzene rings is 2. The third-order valence-electron chi connectivity index (χ3n) is 4.92. The van der Waals surface area contributed by atoms with Gasteiger partial charge >= 0.3 is 13.9 Å². The Balaban J connectivity index is 2.01. The molecule has 3 aromatic rings. The van der Waals surface area contributed by atoms with Crippen molar-refractivity contribution in [2.24, 2.45) is 5.73 Å². The predicted molar refractivity (Wildman–Crippen MR) is 139 cm³/mol. The SMILES string of the molecule is CC(C)(C)OP(=O)(OC[C@@H](c1ccc(-n2cncn2)cc1)C(OC(N)=O)c1ccccc1)OC(C)(C)C. The summed E-state index contributed by atoms with van der Waals surface area (Å²) < 4.78 is 38.5. The zero-order chi connectivity index (χ0) is 27.3. The lowest BCUT2D eigenvalue weighted by molar-refractivity contribution is -0.00455. The molecule has 3 rings (SSSR count). The largest absolute Gasteiger partial charge is 0.475 e. The molecule has 2 N–H and O–H groups in total. The van der Waals surface area contributed by atoms with Crippen molar-refractivity contribution >= 4 is 13.9 Å². The summed E-state index contributed by atoms with van der Waals surface area (Å²) in [6, 6.07) is 16.6. The minimum absolute atomic E-state index is 0.154. The highest BCUT2D eigenvalue weighted by atomic mass is 31.2. The Morgan fingerprint density at radius 2 is 1.54 bits per heavy atom. The number of ether oxygens (including phenoxy) is 1. The maximum absolute atomic E-state index is 13.8. The number of hydrogen-bond donors (Lipinski definition) is 1. The van der Waals surface area contributed by atoms with Crippen LogP contribution in [0.2, 0.25) is 0 Å². The molecule has 0 radical (unpaired) electrons. The van der Waals surface area contributed by atoms with E-state index in [-0.39, 0.29) is 6.61 Å². The molecule has 0 aliphatic heterocycles. The Bertz CT molecular complexity index is 1170. The van der Waals surface area contributed by atoms with Crippen LogP contribution in [0.25, 0.3) is 5.69 Å². The minimum Gasteiger partial charge on any atom is -0.441 e. The van der Waals surface area contributed by atoms with E-state index in [0.29, 0.717) is 5.56 Å². The van der Waals surface area contributed by atoms with Gasteiger partial charge in [0.15, 0.2) is 0 Å². The summed E-state index contributed by atoms with van der Waals surface area (Å²) in [6.45, 7) is 10.4. The van der Waals surface area contributed by atoms with Gasteiger partial charge < -0.3 is 10.5 Å². The van der Waals surface area contributed by atoms with Gasteiger partial charge in [-0.3, -0.25) is 13.6 Å². The molecular formula is C26H35N4O6P. The number of phosphoric ester groups is 1. The molecule has 0 saturated heterocycles. The Labute approximate surface area is 217 Å². The van der Waals surface area contributed by atoms with Crippen LogP contribution in [-0.4, -0.2) is 38.7 Å². The molecule has 0 spiro atoms. The van der Waals surface area contributed by atoms with E-state index in [1.165, 1.54) is 6.33 Å². The lowest BCUT2D eigenvalue weighted by atomic mass is 9.89. The van der Waals surface area contributed by atoms with Crippen molar-refractivity contribution in [2.75, 3.05) is 6.61 Å². The number of hydrogen-bond acceptors (Lipinski definition) is 8. The normalized spacial score (nSPS) is 14.2. The van der Waals surface area contributed by atoms with Gasteiger partial charge in [-0.25, -0.2) is 19.0 Å². The number of nitrogens with two attached hydrogens (primary N) is 1. The zero-order valence-corrected chi connectivity index (χ0v) is 22.9. The average Bonchev–Trinajstić information content (AvgIpc) is 3.31. The van der Waals surface area contributed by atoms with Crippen LogP contribution in [0.4, 0.5) is 4.79 Å². The van der Waals surface area contributed by atoms with Gasteiger partial charge in [0.1, 0.15) is 18.8 Å². The minimum atomic E-state index is -4.05. The maximum atomic E-state index is 13.8. The number of amides is 1. The van der Waals surface area contributed by atoms with E-state index in [4.69, 9.17) is 24.0 Å². The van der Waals surface area contributed by atoms with E-state index in [1.807, 2.05) is 54.6 Å². The maximum Gasteiger partial charge on any atom is 0.475 e. The van der Waals surface area contributed by atoms with Gasteiger partial charge in [0.05, 0.1) is 23.5 Å². The second-order valence-electron chi connectivity index (χ2n) is 10.5. The van der Waals surface area contributed by atoms with Crippen molar-refractivity contribution in [1.29, 1.82) is 0 Å². The topological polar surface area (TPSA) is 128 Å². The van der Waals surface area contributed by atoms with Crippen molar-refractivity contribution in [1.82, 2.24) is 14.8 Å². The first-order valence-corrected chi connectivity index (χ1v) is 13.3. The Kier molecular flexibility index (Phi) is 8.92. The number of phosphoric acid groups is 1. The number of carbonyl (C=O) groups is 1. The second kappa shape index (κ2) is 11.6. The van der Waals surface area contributed by atoms with Crippen molar-refractivity contribution in [2.45, 2.75) is 64.8 Å². The van der Waals surface area contributed by atoms with E-state index < -0.39 is 37.1 Å². The average molecular weight is 531 g/mol. The molecule has 10 nitrogen and oxygen atoms in total. The fourth-order valence-electron chi connectivity index (χ4n) is 3.64. The molecule has 11 heteroatoms. The number of aromatic nitrogens is 3. The summed E-state index contributed by atoms with van der Waals surface area (Å²) in [5, 5.41) is 4.14. The van der Waals surface area contributed by atoms with Crippen LogP contribution >= 0.6 is 7.82 Å². The lowest BCUT2D eigenvalue weighted by Gasteiger charge is -2.33. The first-order valence-electron chi connectivity index (χ1n) is 11.9. The molecule has 0 saturated carbocycles. The first kappa shape index (κ1) is 28.5. The van der Waals surface area contributed by atoms with Gasteiger partial charge in [0, 0.05) is 5.92 Å². The molecule has 2 aromatic carbocycles. The Morgan fingerprint density at radius 1 is 0.946 bits per heavy atom. The van der Waals surface area contributed by atoms with E-state index in [1.54, 1.807) is 52.6 Å². The van der Waals surface area contributed by atoms with Crippen LogP contribution < -0.4 is 5.73 Å². The fraction of sp³-hybridized carbons (Fsp3) is 0.423. The summed E-state index contributed by atoms with van der Waals surface area (Å²) in [4.78, 5) is 15.9. The number of nitrogens with zero attached hydrogens (tertiary/aromatic N) is 3. The number of primary amides is 1. The van der Waals surface area contributed by atoms with Crippen LogP contribution in [0.3, 0.4) is 0 Å². The quantitative estimate of drug-likeness (QED) is 0.319. The molecule has 0 fully saturated rings. The van der Waals surface area contributed by atoms with Gasteiger partial charge in [-0.2, -0.15) is 5.10 Å². The van der Waals surface area contributed by atoms with Crippen molar-refractivity contribution in [3.63, 3.8) is 0 Å². The summed E-state index contributed by atoms with van der Waals surface area (Å²) in [6.07, 6.45) is 1.24. The molecule has 0 aliphatic rings. The lowest BCUT2D eigenvalue weighted by Crippen LogP contribution is -2.28. The van der Waals surface area contributed by atoms with Gasteiger partial charge in [-0.05, 0) is 64.8 Å². The highest BCUT2D eigenvalue weighted by Crippen LogP contribution is 2.56. The van der Waals surface area contributed by atoms with Crippen molar-refractivity contribution in [3.8, 4) is 5.69 Å². The van der Waals surface area contributed by atoms with Gasteiger partial charge in [-0.1, -0.05) is 42.5 Å². The second-order valence-corrected chi connectivity index (χ2v) is 12.0. The van der Waals surface area contributed by atoms with E-state index >= 15 is 0 Å². The molecule has 0 bridgehead atoms. The molecule has 200 valence electrons. The molecule has 1 amide bonds. The molecule has 37 heavy (non-hydrogen) atoms. The zero-order valence-electron chi connectivity index (χ0n) is 22.0. The van der Waals surface area contributed by atoms with Gasteiger partial charge in [0.25, 0.3) is 0 Å². The van der Waals surface area contributed by atoms with E-state index in [0.717, 1.165) is 11.3 Å². The molecule has 1 aromatic heterocycles. The standard InChI is InChI=1S/C26H35N4O6P/c1-25(2,3)35-37(32,36-26(4,5)6)33-16-22(23(34-24(27)31)20-10-8-7-9-11-20)19-12-14-21(15-13-19)30-18-28-17-29-30/h7-15,17-18,22-23H,16H2,1-6H3,(H2,27,31)/t22-,23?/m0/s1. The molecule has 1 unspecified atom stereocenters. The first-order chi connectivity index (χ1) is 17.2. The molecular weight excluding hydrogens is 495 g/mol. The van der Waals surface area contributed by atoms with E-state index in [9.17, 15) is 9.36 Å². The van der Waals surface area contributed by atoms with Crippen LogP contribution in [0.1, 0.15) is 64.7 Å². The van der Waals surface area contributed by atoms with Crippen LogP contribution in [-0.2, 0) is 22.9 Å². The highest BCUT2D eigenvalue weighted by Gasteiger charge is 2.39. The van der Waals surface area contributed by atoms with Crippen molar-refractivity contribution in [3.05, 3.63) is 78.4 Å². The van der Waals surface area contributed by atoms with Crippen LogP contribution in [0.15, 0.2) is 67.3 Å². The third kappa shape index (κ3) is 8.79. The molecule has 2 atom stereocenters. The summed E-state index contributed by atoms with van der Waals surface area (Å²) in [5.41, 5.74) is 6.07. The van der Waals surface area contributed by atoms with Gasteiger partial charge in [0.2, 0.25) is 0 Å². The highest BCUT2D eigenvalue weighted by molar-refractivity contribution is 7.48. The number of rotatable bonds is 10. The predicted octanol–water partition coefficient (Wildman–Crippen LogP) is 5.94. The summed E-state index contributed by atoms with van der Waals surface area (Å²) >= 11 is 0. The van der Waals surface area contributed by atoms with Gasteiger partial charge in [-0.15, -0.1) is 0 Å². The fourth-order valence-corrected chi connectivity index (χ4v) is 5.47. The molecule has 0 aliphatic carbocycles.